The van der Waals surface area contributed by atoms with Gasteiger partial charge in [-0.1, -0.05) is 123 Å². The van der Waals surface area contributed by atoms with Crippen LogP contribution in [0.25, 0.3) is 0 Å². The van der Waals surface area contributed by atoms with E-state index in [1.165, 1.54) is 42.4 Å². The molecule has 4 heterocycles. The van der Waals surface area contributed by atoms with Crippen LogP contribution in [0.2, 0.25) is 0 Å². The van der Waals surface area contributed by atoms with Crippen molar-refractivity contribution in [2.24, 2.45) is 108 Å². The van der Waals surface area contributed by atoms with Crippen molar-refractivity contribution in [1.29, 1.82) is 0 Å². The standard InChI is InChI=1S/C19H30O4.2C19H30O3.C18H28O5/c1-10-6-13-15-14(21)8-11-7-12(20)4-5-18(11,2)17(15)23-9-19(13,3)16(10)22;2*1-11-4-5-14-16-15(21)9-12-8-13(20)6-7-18(12,2)17(16)22-10-19(11,14)3;1-17-4-3-10(19)5-9(17)6-12(20)14-11-7-13(21)15(22)18(11,2)8-23-16(14)17/h7,10,12-17,20-22H,4-6,8-9H2,1-3H3;9,11,13-17,20-21H,4-8,10H2,1-3H3;8,11,13-17,20-21H,4-7,9-10H2,1-3H3;6,10-16,19-22H,3-5,7-8H2,1-2H3/t10-,12+,13?,14+,15?,16+,17?,18+,19+;2*11-,13-,14?,15-,16?,17?,18-,19+;10-,11?,12-,13+,14?,15-,16?,17-,18-/m1000/s1. The third kappa shape index (κ3) is 10.2. The van der Waals surface area contributed by atoms with E-state index in [1.54, 1.807) is 0 Å². The second kappa shape index (κ2) is 23.5. The molecule has 34 atom stereocenters. The number of aliphatic hydroxyl groups excluding tert-OH is 11. The molecule has 0 aromatic heterocycles. The first-order valence-corrected chi connectivity index (χ1v) is 36.1. The van der Waals surface area contributed by atoms with E-state index in [4.69, 9.17) is 18.9 Å². The van der Waals surface area contributed by atoms with Gasteiger partial charge >= 0.3 is 0 Å². The topological polar surface area (TPSA) is 259 Å². The monoisotopic (exact) mass is 1260 g/mol. The molecule has 90 heavy (non-hydrogen) atoms. The van der Waals surface area contributed by atoms with E-state index in [1.807, 2.05) is 25.2 Å². The fraction of sp³-hybridized carbons (Fsp3) is 0.893. The summed E-state index contributed by atoms with van der Waals surface area (Å²) in [5.41, 5.74) is 4.21. The van der Waals surface area contributed by atoms with Crippen molar-refractivity contribution in [3.63, 3.8) is 0 Å². The van der Waals surface area contributed by atoms with E-state index < -0.39 is 35.9 Å². The molecular weight excluding hydrogens is 1140 g/mol. The minimum Gasteiger partial charge on any atom is -0.393 e. The van der Waals surface area contributed by atoms with Crippen molar-refractivity contribution < 1.29 is 75.1 Å². The minimum atomic E-state index is -0.799. The first-order valence-electron chi connectivity index (χ1n) is 36.1. The molecule has 0 amide bonds. The Kier molecular flexibility index (Phi) is 17.5. The quantitative estimate of drug-likeness (QED) is 0.102. The zero-order chi connectivity index (χ0) is 64.5. The van der Waals surface area contributed by atoms with E-state index in [9.17, 15) is 56.2 Å². The molecule has 0 aromatic carbocycles. The minimum absolute atomic E-state index is 0.000532. The van der Waals surface area contributed by atoms with Gasteiger partial charge in [-0.2, -0.15) is 0 Å². The lowest BCUT2D eigenvalue weighted by Crippen LogP contribution is -2.61. The normalized spacial score (nSPS) is 58.2. The highest BCUT2D eigenvalue weighted by Crippen LogP contribution is 2.67. The second-order valence-corrected chi connectivity index (χ2v) is 35.5. The molecule has 12 aliphatic carbocycles. The van der Waals surface area contributed by atoms with Gasteiger partial charge in [0.25, 0.3) is 0 Å². The van der Waals surface area contributed by atoms with Crippen molar-refractivity contribution in [1.82, 2.24) is 0 Å². The highest BCUT2D eigenvalue weighted by molar-refractivity contribution is 5.33. The first kappa shape index (κ1) is 67.0. The van der Waals surface area contributed by atoms with Crippen LogP contribution in [0.15, 0.2) is 46.6 Å². The number of ether oxygens (including phenoxy) is 4. The predicted octanol–water partition coefficient (Wildman–Crippen LogP) is 8.29. The zero-order valence-corrected chi connectivity index (χ0v) is 56.4. The molecule has 12 fully saturated rings. The van der Waals surface area contributed by atoms with Crippen LogP contribution in [-0.2, 0) is 18.9 Å². The van der Waals surface area contributed by atoms with Gasteiger partial charge in [0.15, 0.2) is 0 Å². The summed E-state index contributed by atoms with van der Waals surface area (Å²) in [5.74, 6) is 3.61. The lowest BCUT2D eigenvalue weighted by Gasteiger charge is -2.59. The Morgan fingerprint density at radius 1 is 0.344 bits per heavy atom. The van der Waals surface area contributed by atoms with Crippen molar-refractivity contribution in [2.75, 3.05) is 26.4 Å². The maximum absolute atomic E-state index is 10.9. The summed E-state index contributed by atoms with van der Waals surface area (Å²) >= 11 is 0. The van der Waals surface area contributed by atoms with Crippen molar-refractivity contribution in [3.8, 4) is 0 Å². The van der Waals surface area contributed by atoms with Crippen molar-refractivity contribution in [2.45, 2.75) is 283 Å². The van der Waals surface area contributed by atoms with Gasteiger partial charge in [0, 0.05) is 56.2 Å². The van der Waals surface area contributed by atoms with Crippen LogP contribution in [0, 0.1) is 108 Å². The number of hydrogen-bond acceptors (Lipinski definition) is 15. The average molecular weight is 1260 g/mol. The Labute approximate surface area is 537 Å². The first-order chi connectivity index (χ1) is 42.3. The lowest BCUT2D eigenvalue weighted by atomic mass is 9.53. The Morgan fingerprint density at radius 2 is 0.689 bits per heavy atom. The Balaban J connectivity index is 0.000000110. The van der Waals surface area contributed by atoms with Crippen LogP contribution in [0.1, 0.15) is 192 Å². The molecule has 12 unspecified atom stereocenters. The largest absolute Gasteiger partial charge is 0.393 e. The molecule has 16 aliphatic rings. The smallest absolute Gasteiger partial charge is 0.0877 e. The molecule has 4 saturated heterocycles. The highest BCUT2D eigenvalue weighted by atomic mass is 16.5. The summed E-state index contributed by atoms with van der Waals surface area (Å²) in [4.78, 5) is 0. The summed E-state index contributed by atoms with van der Waals surface area (Å²) < 4.78 is 25.5. The molecule has 16 rings (SSSR count). The maximum Gasteiger partial charge on any atom is 0.0877 e. The SMILES string of the molecule is C[C@@H]1CC2C3C(OC[C@]2(C)[C@H]1O)[C@@]1(C)CC[C@H](O)C=C1C[C@@H]3O.C[C@H]1CCC2C3C(OC[C@@]21C)[C@@]1(C)CC[C@H](O)C=C1C[C@@H]3O.C[C@H]1CCC2C3C(OC[C@@]21C)[C@@]1(C)CC[C@H](O)CC1=C[C@@H]3O.C[C@]12CC[C@H](O)CC1=C[C@H](O)C1C2OC[C@@]2(C)C1C[C@@H](O)[C@@H]2O. The second-order valence-electron chi connectivity index (χ2n) is 35.5. The summed E-state index contributed by atoms with van der Waals surface area (Å²) in [6.07, 6.45) is 19.1. The number of aliphatic hydroxyl groups is 11. The predicted molar refractivity (Wildman–Crippen MR) is 341 cm³/mol. The van der Waals surface area contributed by atoms with Crippen molar-refractivity contribution in [3.05, 3.63) is 46.6 Å². The van der Waals surface area contributed by atoms with E-state index >= 15 is 0 Å². The summed E-state index contributed by atoms with van der Waals surface area (Å²) in [6, 6.07) is 0. The fourth-order valence-electron chi connectivity index (χ4n) is 24.2. The van der Waals surface area contributed by atoms with Crippen LogP contribution >= 0.6 is 0 Å². The molecule has 0 radical (unpaired) electrons. The summed E-state index contributed by atoms with van der Waals surface area (Å²) in [5, 5.41) is 115. The van der Waals surface area contributed by atoms with Gasteiger partial charge in [0.1, 0.15) is 0 Å². The Bertz CT molecular complexity index is 2800. The Morgan fingerprint density at radius 3 is 1.13 bits per heavy atom. The lowest BCUT2D eigenvalue weighted by molar-refractivity contribution is -0.216. The fourth-order valence-corrected chi connectivity index (χ4v) is 24.2. The molecule has 0 bridgehead atoms. The molecular formula is C75H118O15. The van der Waals surface area contributed by atoms with Crippen molar-refractivity contribution >= 4 is 0 Å². The van der Waals surface area contributed by atoms with E-state index in [0.29, 0.717) is 68.5 Å². The van der Waals surface area contributed by atoms with Gasteiger partial charge in [0.2, 0.25) is 0 Å². The van der Waals surface area contributed by atoms with E-state index in [-0.39, 0.29) is 134 Å². The van der Waals surface area contributed by atoms with Gasteiger partial charge in [-0.15, -0.1) is 0 Å². The maximum atomic E-state index is 10.9. The molecule has 0 spiro atoms. The van der Waals surface area contributed by atoms with Gasteiger partial charge < -0.3 is 75.1 Å². The van der Waals surface area contributed by atoms with Gasteiger partial charge in [0.05, 0.1) is 118 Å². The van der Waals surface area contributed by atoms with Crippen LogP contribution < -0.4 is 0 Å². The van der Waals surface area contributed by atoms with Gasteiger partial charge in [-0.05, 0) is 168 Å². The molecule has 15 nitrogen and oxygen atoms in total. The summed E-state index contributed by atoms with van der Waals surface area (Å²) in [7, 11) is 0. The molecule has 4 aliphatic heterocycles. The van der Waals surface area contributed by atoms with Crippen LogP contribution in [0.3, 0.4) is 0 Å². The number of hydrogen-bond donors (Lipinski definition) is 11. The highest BCUT2D eigenvalue weighted by Gasteiger charge is 2.68. The molecule has 0 aromatic rings. The zero-order valence-electron chi connectivity index (χ0n) is 56.4. The van der Waals surface area contributed by atoms with Gasteiger partial charge in [-0.3, -0.25) is 0 Å². The molecule has 508 valence electrons. The molecule has 8 saturated carbocycles. The van der Waals surface area contributed by atoms with Crippen LogP contribution in [0.5, 0.6) is 0 Å². The third-order valence-corrected chi connectivity index (χ3v) is 30.7. The number of rotatable bonds is 0. The Hall–Kier alpha value is -1.64. The van der Waals surface area contributed by atoms with E-state index in [0.717, 1.165) is 83.0 Å². The molecule has 11 N–H and O–H groups in total. The summed E-state index contributed by atoms with van der Waals surface area (Å²) in [6.45, 7) is 27.3. The van der Waals surface area contributed by atoms with E-state index in [2.05, 4.69) is 75.3 Å². The molecule has 15 heteroatoms. The number of fused-ring (bicyclic) bond motifs is 20. The third-order valence-electron chi connectivity index (χ3n) is 30.7. The average Bonchev–Trinajstić information content (AvgIpc) is 1.35. The van der Waals surface area contributed by atoms with Gasteiger partial charge in [-0.25, -0.2) is 0 Å². The van der Waals surface area contributed by atoms with Crippen LogP contribution in [0.4, 0.5) is 0 Å². The van der Waals surface area contributed by atoms with Crippen LogP contribution in [-0.4, -0.2) is 174 Å².